The summed E-state index contributed by atoms with van der Waals surface area (Å²) < 4.78 is 10.7. The van der Waals surface area contributed by atoms with Crippen molar-refractivity contribution in [1.29, 1.82) is 0 Å². The number of esters is 1. The number of likely N-dealkylation sites (tertiary alicyclic amines) is 1. The molecule has 0 aromatic heterocycles. The number of hydrogen-bond acceptors (Lipinski definition) is 5. The maximum Gasteiger partial charge on any atom is 0.409 e. The number of amides is 1. The van der Waals surface area contributed by atoms with Crippen molar-refractivity contribution < 1.29 is 19.1 Å². The summed E-state index contributed by atoms with van der Waals surface area (Å²) >= 11 is 0. The zero-order valence-electron chi connectivity index (χ0n) is 17.3. The molecule has 2 aromatic carbocycles. The van der Waals surface area contributed by atoms with E-state index in [1.165, 1.54) is 22.3 Å². The van der Waals surface area contributed by atoms with Crippen molar-refractivity contribution in [3.63, 3.8) is 0 Å². The predicted molar refractivity (Wildman–Crippen MR) is 114 cm³/mol. The molecule has 4 rings (SSSR count). The Kier molecular flexibility index (Phi) is 6.04. The van der Waals surface area contributed by atoms with E-state index in [0.717, 1.165) is 0 Å². The minimum absolute atomic E-state index is 0.0293. The van der Waals surface area contributed by atoms with Gasteiger partial charge in [-0.25, -0.2) is 4.79 Å². The molecule has 1 amide bonds. The molecular weight excluding hydrogens is 380 g/mol. The number of ether oxygens (including phenoxy) is 2. The van der Waals surface area contributed by atoms with E-state index in [9.17, 15) is 9.59 Å². The number of benzene rings is 2. The van der Waals surface area contributed by atoms with E-state index >= 15 is 0 Å². The molecule has 2 aromatic rings. The second-order valence-corrected chi connectivity index (χ2v) is 7.91. The molecule has 0 bridgehead atoms. The lowest BCUT2D eigenvalue weighted by Crippen LogP contribution is -2.47. The molecule has 30 heavy (non-hydrogen) atoms. The second-order valence-electron chi connectivity index (χ2n) is 7.91. The van der Waals surface area contributed by atoms with E-state index < -0.39 is 6.04 Å². The number of piperidine rings is 1. The maximum absolute atomic E-state index is 12.7. The molecule has 2 N–H and O–H groups in total. The Morgan fingerprint density at radius 1 is 1.00 bits per heavy atom. The van der Waals surface area contributed by atoms with Crippen LogP contribution in [-0.2, 0) is 14.3 Å². The number of nitrogens with zero attached hydrogens (tertiary/aromatic N) is 1. The highest BCUT2D eigenvalue weighted by atomic mass is 16.6. The lowest BCUT2D eigenvalue weighted by molar-refractivity contribution is -0.146. The Hall–Kier alpha value is -2.86. The van der Waals surface area contributed by atoms with Gasteiger partial charge in [-0.1, -0.05) is 48.5 Å². The smallest absolute Gasteiger partial charge is 0.409 e. The highest BCUT2D eigenvalue weighted by molar-refractivity contribution is 5.79. The maximum atomic E-state index is 12.7. The van der Waals surface area contributed by atoms with Crippen LogP contribution in [0.2, 0.25) is 0 Å². The van der Waals surface area contributed by atoms with Crippen LogP contribution in [0.1, 0.15) is 36.8 Å². The van der Waals surface area contributed by atoms with Crippen molar-refractivity contribution in [3.05, 3.63) is 59.7 Å². The minimum Gasteiger partial charge on any atom is -0.465 e. The van der Waals surface area contributed by atoms with Gasteiger partial charge in [0.05, 0.1) is 6.61 Å². The lowest BCUT2D eigenvalue weighted by Gasteiger charge is -2.33. The molecule has 1 aliphatic heterocycles. The van der Waals surface area contributed by atoms with Crippen LogP contribution in [0, 0.1) is 5.92 Å². The fourth-order valence-electron chi connectivity index (χ4n) is 4.56. The molecule has 1 aliphatic carbocycles. The Labute approximate surface area is 177 Å². The molecule has 1 heterocycles. The predicted octanol–water partition coefficient (Wildman–Crippen LogP) is 3.54. The first-order valence-electron chi connectivity index (χ1n) is 10.6. The van der Waals surface area contributed by atoms with E-state index in [1.807, 2.05) is 24.3 Å². The summed E-state index contributed by atoms with van der Waals surface area (Å²) in [4.78, 5) is 26.2. The summed E-state index contributed by atoms with van der Waals surface area (Å²) in [7, 11) is 0. The number of nitrogens with two attached hydrogens (primary N) is 1. The first kappa shape index (κ1) is 20.4. The number of hydrogen-bond donors (Lipinski definition) is 1. The molecule has 2 aliphatic rings. The average molecular weight is 408 g/mol. The van der Waals surface area contributed by atoms with Crippen LogP contribution in [-0.4, -0.2) is 49.3 Å². The van der Waals surface area contributed by atoms with Crippen LogP contribution in [0.4, 0.5) is 4.79 Å². The summed E-state index contributed by atoms with van der Waals surface area (Å²) in [5.41, 5.74) is 10.8. The van der Waals surface area contributed by atoms with Crippen molar-refractivity contribution in [2.45, 2.75) is 31.7 Å². The van der Waals surface area contributed by atoms with Crippen molar-refractivity contribution in [3.8, 4) is 11.1 Å². The van der Waals surface area contributed by atoms with Gasteiger partial charge in [0.2, 0.25) is 0 Å². The van der Waals surface area contributed by atoms with Gasteiger partial charge < -0.3 is 20.1 Å². The van der Waals surface area contributed by atoms with Gasteiger partial charge in [0, 0.05) is 19.0 Å². The van der Waals surface area contributed by atoms with Gasteiger partial charge in [0.1, 0.15) is 12.6 Å². The summed E-state index contributed by atoms with van der Waals surface area (Å²) in [6.07, 6.45) is 1.04. The van der Waals surface area contributed by atoms with Crippen molar-refractivity contribution in [2.75, 3.05) is 26.3 Å². The topological polar surface area (TPSA) is 81.9 Å². The first-order valence-corrected chi connectivity index (χ1v) is 10.6. The van der Waals surface area contributed by atoms with E-state index in [4.69, 9.17) is 15.2 Å². The third kappa shape index (κ3) is 3.92. The van der Waals surface area contributed by atoms with Crippen molar-refractivity contribution >= 4 is 12.1 Å². The van der Waals surface area contributed by atoms with Gasteiger partial charge in [-0.15, -0.1) is 0 Å². The average Bonchev–Trinajstić information content (AvgIpc) is 3.11. The van der Waals surface area contributed by atoms with E-state index in [2.05, 4.69) is 24.3 Å². The minimum atomic E-state index is -0.630. The normalized spacial score (nSPS) is 17.2. The van der Waals surface area contributed by atoms with Crippen LogP contribution in [0.3, 0.4) is 0 Å². The van der Waals surface area contributed by atoms with Gasteiger partial charge in [0.25, 0.3) is 0 Å². The molecule has 1 atom stereocenters. The second kappa shape index (κ2) is 8.88. The van der Waals surface area contributed by atoms with Crippen LogP contribution in [0.5, 0.6) is 0 Å². The fraction of sp³-hybridized carbons (Fsp3) is 0.417. The van der Waals surface area contributed by atoms with Gasteiger partial charge >= 0.3 is 12.1 Å². The number of carbonyl (C=O) groups excluding carboxylic acids is 2. The molecule has 158 valence electrons. The SMILES string of the molecule is CCOC(=O)C(N)C1CCN(C(=O)OCC2c3ccccc3-c3ccccc32)CC1. The molecule has 0 spiro atoms. The molecule has 1 unspecified atom stereocenters. The zero-order chi connectivity index (χ0) is 21.1. The Morgan fingerprint density at radius 2 is 1.57 bits per heavy atom. The van der Waals surface area contributed by atoms with Crippen LogP contribution >= 0.6 is 0 Å². The van der Waals surface area contributed by atoms with E-state index in [0.29, 0.717) is 39.1 Å². The third-order valence-corrected chi connectivity index (χ3v) is 6.20. The monoisotopic (exact) mass is 408 g/mol. The number of carbonyl (C=O) groups is 2. The van der Waals surface area contributed by atoms with Crippen LogP contribution < -0.4 is 5.73 Å². The Morgan fingerprint density at radius 3 is 2.13 bits per heavy atom. The van der Waals surface area contributed by atoms with Crippen molar-refractivity contribution in [1.82, 2.24) is 4.90 Å². The highest BCUT2D eigenvalue weighted by Gasteiger charge is 2.33. The summed E-state index contributed by atoms with van der Waals surface area (Å²) in [6, 6.07) is 15.9. The molecular formula is C24H28N2O4. The quantitative estimate of drug-likeness (QED) is 0.766. The largest absolute Gasteiger partial charge is 0.465 e. The summed E-state index contributed by atoms with van der Waals surface area (Å²) in [5.74, 6) is -0.282. The standard InChI is InChI=1S/C24H28N2O4/c1-2-29-23(27)22(25)16-11-13-26(14-12-16)24(28)30-15-21-19-9-5-3-7-17(19)18-8-4-6-10-20(18)21/h3-10,16,21-22H,2,11-15,25H2,1H3. The summed E-state index contributed by atoms with van der Waals surface area (Å²) in [6.45, 7) is 3.48. The van der Waals surface area contributed by atoms with Gasteiger partial charge in [-0.05, 0) is 47.9 Å². The number of fused-ring (bicyclic) bond motifs is 3. The highest BCUT2D eigenvalue weighted by Crippen LogP contribution is 2.44. The van der Waals surface area contributed by atoms with E-state index in [1.54, 1.807) is 11.8 Å². The van der Waals surface area contributed by atoms with Gasteiger partial charge in [-0.2, -0.15) is 0 Å². The lowest BCUT2D eigenvalue weighted by atomic mass is 9.90. The zero-order valence-corrected chi connectivity index (χ0v) is 17.3. The molecule has 6 nitrogen and oxygen atoms in total. The fourth-order valence-corrected chi connectivity index (χ4v) is 4.56. The first-order chi connectivity index (χ1) is 14.6. The number of rotatable bonds is 5. The molecule has 0 saturated carbocycles. The molecule has 1 fully saturated rings. The van der Waals surface area contributed by atoms with Crippen LogP contribution in [0.15, 0.2) is 48.5 Å². The van der Waals surface area contributed by atoms with Crippen LogP contribution in [0.25, 0.3) is 11.1 Å². The van der Waals surface area contributed by atoms with Gasteiger partial charge in [-0.3, -0.25) is 4.79 Å². The third-order valence-electron chi connectivity index (χ3n) is 6.20. The molecule has 6 heteroatoms. The summed E-state index contributed by atoms with van der Waals surface area (Å²) in [5, 5.41) is 0. The Bertz CT molecular complexity index is 875. The molecule has 1 saturated heterocycles. The Balaban J connectivity index is 1.34. The van der Waals surface area contributed by atoms with Crippen molar-refractivity contribution in [2.24, 2.45) is 11.7 Å². The van der Waals surface area contributed by atoms with Gasteiger partial charge in [0.15, 0.2) is 0 Å². The van der Waals surface area contributed by atoms with E-state index in [-0.39, 0.29) is 23.9 Å². The molecule has 0 radical (unpaired) electrons.